The third-order valence-corrected chi connectivity index (χ3v) is 4.33. The number of nitrogens with one attached hydrogen (secondary N) is 1. The van der Waals surface area contributed by atoms with Crippen LogP contribution in [0.15, 0.2) is 27.7 Å². The molecule has 12 heteroatoms. The zero-order valence-electron chi connectivity index (χ0n) is 13.9. The SMILES string of the molecule is CO/N=C(C)\C(NOC)=C(\C1=NCCN1Cc1cnc(Cl)s1)[N+](=O)[O-]. The number of hydrogen-bond acceptors (Lipinski definition) is 10. The predicted octanol–water partition coefficient (Wildman–Crippen LogP) is 1.67. The van der Waals surface area contributed by atoms with E-state index < -0.39 is 4.92 Å². The number of hydrogen-bond donors (Lipinski definition) is 1. The Morgan fingerprint density at radius 3 is 2.92 bits per heavy atom. The van der Waals surface area contributed by atoms with Crippen LogP contribution >= 0.6 is 22.9 Å². The molecule has 25 heavy (non-hydrogen) atoms. The molecule has 0 unspecified atom stereocenters. The minimum absolute atomic E-state index is 0.0716. The summed E-state index contributed by atoms with van der Waals surface area (Å²) in [5, 5.41) is 15.5. The fourth-order valence-electron chi connectivity index (χ4n) is 2.27. The first-order valence-corrected chi connectivity index (χ1v) is 8.33. The van der Waals surface area contributed by atoms with Gasteiger partial charge < -0.3 is 9.74 Å². The Kier molecular flexibility index (Phi) is 6.67. The smallest absolute Gasteiger partial charge is 0.338 e. The van der Waals surface area contributed by atoms with Gasteiger partial charge in [-0.25, -0.2) is 4.98 Å². The monoisotopic (exact) mass is 388 g/mol. The van der Waals surface area contributed by atoms with Crippen molar-refractivity contribution in [1.82, 2.24) is 15.4 Å². The molecular formula is C13H17ClN6O4S. The van der Waals surface area contributed by atoms with Crippen molar-refractivity contribution < 1.29 is 14.6 Å². The minimum atomic E-state index is -0.521. The summed E-state index contributed by atoms with van der Waals surface area (Å²) >= 11 is 7.17. The summed E-state index contributed by atoms with van der Waals surface area (Å²) in [7, 11) is 2.71. The van der Waals surface area contributed by atoms with Crippen molar-refractivity contribution in [3.05, 3.63) is 37.0 Å². The molecule has 0 saturated heterocycles. The number of aliphatic imine (C=N–C) groups is 1. The third-order valence-electron chi connectivity index (χ3n) is 3.23. The van der Waals surface area contributed by atoms with Gasteiger partial charge in [-0.2, -0.15) is 0 Å². The number of aromatic nitrogens is 1. The second kappa shape index (κ2) is 8.74. The van der Waals surface area contributed by atoms with Crippen LogP contribution in [0.1, 0.15) is 11.8 Å². The van der Waals surface area contributed by atoms with Gasteiger partial charge in [0.05, 0.1) is 25.1 Å². The Balaban J connectivity index is 2.41. The van der Waals surface area contributed by atoms with Crippen molar-refractivity contribution in [2.75, 3.05) is 27.3 Å². The number of allylic oxidation sites excluding steroid dienone is 1. The second-order valence-corrected chi connectivity index (χ2v) is 6.55. The first-order chi connectivity index (χ1) is 12.0. The van der Waals surface area contributed by atoms with E-state index in [-0.39, 0.29) is 22.9 Å². The zero-order valence-corrected chi connectivity index (χ0v) is 15.4. The molecule has 1 aromatic heterocycles. The van der Waals surface area contributed by atoms with Crippen LogP contribution in [0, 0.1) is 10.1 Å². The highest BCUT2D eigenvalue weighted by Gasteiger charge is 2.34. The van der Waals surface area contributed by atoms with E-state index >= 15 is 0 Å². The molecule has 136 valence electrons. The average molecular weight is 389 g/mol. The van der Waals surface area contributed by atoms with Gasteiger partial charge in [0.2, 0.25) is 5.84 Å². The van der Waals surface area contributed by atoms with E-state index in [0.717, 1.165) is 4.88 Å². The third kappa shape index (κ3) is 4.65. The molecular weight excluding hydrogens is 372 g/mol. The summed E-state index contributed by atoms with van der Waals surface area (Å²) in [4.78, 5) is 31.7. The summed E-state index contributed by atoms with van der Waals surface area (Å²) in [6, 6.07) is 0. The van der Waals surface area contributed by atoms with Gasteiger partial charge >= 0.3 is 5.70 Å². The Labute approximate surface area is 152 Å². The van der Waals surface area contributed by atoms with Crippen molar-refractivity contribution in [2.24, 2.45) is 10.1 Å². The highest BCUT2D eigenvalue weighted by Crippen LogP contribution is 2.23. The van der Waals surface area contributed by atoms with E-state index in [1.807, 2.05) is 0 Å². The molecule has 1 aliphatic rings. The van der Waals surface area contributed by atoms with E-state index in [2.05, 4.69) is 20.6 Å². The molecule has 0 radical (unpaired) electrons. The number of nitro groups is 1. The van der Waals surface area contributed by atoms with Gasteiger partial charge in [-0.1, -0.05) is 16.8 Å². The van der Waals surface area contributed by atoms with Crippen molar-refractivity contribution in [3.63, 3.8) is 0 Å². The number of hydroxylamine groups is 1. The van der Waals surface area contributed by atoms with Gasteiger partial charge in [0, 0.05) is 17.6 Å². The molecule has 0 amide bonds. The lowest BCUT2D eigenvalue weighted by atomic mass is 10.2. The number of oxime groups is 1. The van der Waals surface area contributed by atoms with Crippen LogP contribution < -0.4 is 5.48 Å². The topological polar surface area (TPSA) is 114 Å². The van der Waals surface area contributed by atoms with Crippen molar-refractivity contribution >= 4 is 34.5 Å². The molecule has 0 saturated carbocycles. The lowest BCUT2D eigenvalue weighted by Gasteiger charge is -2.19. The maximum absolute atomic E-state index is 11.7. The van der Waals surface area contributed by atoms with Crippen LogP contribution in [0.5, 0.6) is 0 Å². The summed E-state index contributed by atoms with van der Waals surface area (Å²) in [6.07, 6.45) is 1.64. The lowest BCUT2D eigenvalue weighted by molar-refractivity contribution is -0.417. The van der Waals surface area contributed by atoms with Crippen molar-refractivity contribution in [3.8, 4) is 0 Å². The quantitative estimate of drug-likeness (QED) is 0.409. The van der Waals surface area contributed by atoms with E-state index in [0.29, 0.717) is 24.1 Å². The zero-order chi connectivity index (χ0) is 18.4. The number of nitrogens with zero attached hydrogens (tertiary/aromatic N) is 5. The van der Waals surface area contributed by atoms with Gasteiger partial charge in [-0.15, -0.1) is 11.3 Å². The summed E-state index contributed by atoms with van der Waals surface area (Å²) in [5.74, 6) is 0.236. The van der Waals surface area contributed by atoms with Crippen molar-refractivity contribution in [1.29, 1.82) is 0 Å². The van der Waals surface area contributed by atoms with E-state index in [1.165, 1.54) is 25.6 Å². The Hall–Kier alpha value is -2.24. The standard InChI is InChI=1S/C13H17ClN6O4S/c1-8(17-23-2)10(18-24-3)11(20(21)22)12-15-4-5-19(12)7-9-6-16-13(14)25-9/h6,18H,4-5,7H2,1-3H3/b11-10+,17-8-. The molecule has 0 atom stereocenters. The molecule has 1 N–H and O–H groups in total. The number of halogens is 1. The molecule has 1 aliphatic heterocycles. The number of rotatable bonds is 8. The van der Waals surface area contributed by atoms with E-state index in [4.69, 9.17) is 21.3 Å². The summed E-state index contributed by atoms with van der Waals surface area (Å²) < 4.78 is 0.419. The summed E-state index contributed by atoms with van der Waals surface area (Å²) in [5.41, 5.74) is 2.59. The van der Waals surface area contributed by atoms with Gasteiger partial charge in [-0.05, 0) is 6.92 Å². The fourth-order valence-corrected chi connectivity index (χ4v) is 3.26. The van der Waals surface area contributed by atoms with Gasteiger partial charge in [0.1, 0.15) is 12.8 Å². The molecule has 10 nitrogen and oxygen atoms in total. The Morgan fingerprint density at radius 2 is 2.36 bits per heavy atom. The van der Waals surface area contributed by atoms with Crippen LogP contribution in [-0.2, 0) is 16.2 Å². The maximum atomic E-state index is 11.7. The lowest BCUT2D eigenvalue weighted by Crippen LogP contribution is -2.34. The molecule has 0 fully saturated rings. The molecule has 0 aromatic carbocycles. The molecule has 2 rings (SSSR count). The first kappa shape index (κ1) is 19.1. The highest BCUT2D eigenvalue weighted by molar-refractivity contribution is 7.15. The molecule has 0 aliphatic carbocycles. The molecule has 1 aromatic rings. The number of amidine groups is 1. The minimum Gasteiger partial charge on any atom is -0.399 e. The van der Waals surface area contributed by atoms with Crippen LogP contribution in [0.4, 0.5) is 0 Å². The van der Waals surface area contributed by atoms with Crippen LogP contribution in [0.2, 0.25) is 4.47 Å². The Morgan fingerprint density at radius 1 is 1.60 bits per heavy atom. The van der Waals surface area contributed by atoms with Gasteiger partial charge in [0.15, 0.2) is 10.2 Å². The van der Waals surface area contributed by atoms with E-state index in [1.54, 1.807) is 18.0 Å². The highest BCUT2D eigenvalue weighted by atomic mass is 35.5. The maximum Gasteiger partial charge on any atom is 0.338 e. The second-order valence-electron chi connectivity index (χ2n) is 4.85. The van der Waals surface area contributed by atoms with Crippen LogP contribution in [-0.4, -0.2) is 53.7 Å². The predicted molar refractivity (Wildman–Crippen MR) is 94.1 cm³/mol. The molecule has 0 bridgehead atoms. The fraction of sp³-hybridized carbons (Fsp3) is 0.462. The van der Waals surface area contributed by atoms with Crippen LogP contribution in [0.3, 0.4) is 0 Å². The first-order valence-electron chi connectivity index (χ1n) is 7.13. The summed E-state index contributed by atoms with van der Waals surface area (Å²) in [6.45, 7) is 2.97. The van der Waals surface area contributed by atoms with E-state index in [9.17, 15) is 10.1 Å². The van der Waals surface area contributed by atoms with Crippen molar-refractivity contribution in [2.45, 2.75) is 13.5 Å². The molecule has 2 heterocycles. The largest absolute Gasteiger partial charge is 0.399 e. The van der Waals surface area contributed by atoms with Gasteiger partial charge in [-0.3, -0.25) is 25.4 Å². The Bertz CT molecular complexity index is 732. The van der Waals surface area contributed by atoms with Gasteiger partial charge in [0.25, 0.3) is 0 Å². The number of thiazole rings is 1. The molecule has 0 spiro atoms. The average Bonchev–Trinajstić information content (AvgIpc) is 3.16. The van der Waals surface area contributed by atoms with Crippen LogP contribution in [0.25, 0.3) is 0 Å². The normalized spacial score (nSPS) is 15.8.